The van der Waals surface area contributed by atoms with Crippen LogP contribution < -0.4 is 0 Å². The van der Waals surface area contributed by atoms with Gasteiger partial charge in [0.25, 0.3) is 0 Å². The Bertz CT molecular complexity index is 347. The molecule has 76 valence electrons. The number of halogens is 2. The number of carbonyl (C=O) groups excluding carboxylic acids is 1. The van der Waals surface area contributed by atoms with Crippen LogP contribution in [0.25, 0.3) is 0 Å². The highest BCUT2D eigenvalue weighted by molar-refractivity contribution is 6.33. The molecule has 0 spiro atoms. The van der Waals surface area contributed by atoms with Crippen LogP contribution in [0, 0.1) is 11.7 Å². The summed E-state index contributed by atoms with van der Waals surface area (Å²) >= 11 is 5.79. The normalized spacial score (nSPS) is 10.6. The van der Waals surface area contributed by atoms with Crippen LogP contribution in [0.1, 0.15) is 30.6 Å². The molecule has 0 atom stereocenters. The lowest BCUT2D eigenvalue weighted by Crippen LogP contribution is -2.04. The lowest BCUT2D eigenvalue weighted by molar-refractivity contribution is 0.0967. The first-order valence-electron chi connectivity index (χ1n) is 4.49. The molecule has 0 aliphatic carbocycles. The summed E-state index contributed by atoms with van der Waals surface area (Å²) in [5.74, 6) is -0.284. The Hall–Kier alpha value is -0.890. The first-order chi connectivity index (χ1) is 6.50. The van der Waals surface area contributed by atoms with E-state index >= 15 is 0 Å². The molecule has 0 radical (unpaired) electrons. The Morgan fingerprint density at radius 2 is 2.14 bits per heavy atom. The summed E-state index contributed by atoms with van der Waals surface area (Å²) in [4.78, 5) is 11.6. The van der Waals surface area contributed by atoms with Crippen molar-refractivity contribution in [2.45, 2.75) is 20.3 Å². The third kappa shape index (κ3) is 2.81. The molecule has 0 saturated carbocycles. The van der Waals surface area contributed by atoms with Crippen molar-refractivity contribution in [1.82, 2.24) is 0 Å². The molecule has 3 heteroatoms. The molecule has 0 saturated heterocycles. The molecule has 0 aromatic heterocycles. The number of Topliss-reactive ketones (excluding diaryl/α,β-unsaturated/α-hetero) is 1. The summed E-state index contributed by atoms with van der Waals surface area (Å²) in [5.41, 5.74) is 0.278. The van der Waals surface area contributed by atoms with Crippen molar-refractivity contribution in [3.8, 4) is 0 Å². The molecule has 0 aliphatic heterocycles. The molecule has 1 rings (SSSR count). The Kier molecular flexibility index (Phi) is 3.64. The van der Waals surface area contributed by atoms with E-state index in [9.17, 15) is 9.18 Å². The van der Waals surface area contributed by atoms with Gasteiger partial charge < -0.3 is 0 Å². The van der Waals surface area contributed by atoms with Crippen LogP contribution in [0.3, 0.4) is 0 Å². The molecule has 0 heterocycles. The van der Waals surface area contributed by atoms with E-state index in [1.54, 1.807) is 0 Å². The van der Waals surface area contributed by atoms with Crippen molar-refractivity contribution < 1.29 is 9.18 Å². The zero-order chi connectivity index (χ0) is 10.7. The molecule has 0 bridgehead atoms. The lowest BCUT2D eigenvalue weighted by Gasteiger charge is -2.05. The largest absolute Gasteiger partial charge is 0.294 e. The first kappa shape index (κ1) is 11.2. The van der Waals surface area contributed by atoms with Crippen LogP contribution in [-0.2, 0) is 0 Å². The maximum atomic E-state index is 12.8. The average molecular weight is 215 g/mol. The number of ketones is 1. The zero-order valence-corrected chi connectivity index (χ0v) is 8.94. The minimum Gasteiger partial charge on any atom is -0.294 e. The average Bonchev–Trinajstić information content (AvgIpc) is 2.08. The second-order valence-corrected chi connectivity index (χ2v) is 4.05. The summed E-state index contributed by atoms with van der Waals surface area (Å²) in [6.07, 6.45) is 0.392. The SMILES string of the molecule is CC(C)CC(=O)c1cc(F)ccc1Cl. The quantitative estimate of drug-likeness (QED) is 0.701. The Morgan fingerprint density at radius 1 is 1.50 bits per heavy atom. The molecule has 1 nitrogen and oxygen atoms in total. The number of rotatable bonds is 3. The maximum Gasteiger partial charge on any atom is 0.164 e. The summed E-state index contributed by atoms with van der Waals surface area (Å²) < 4.78 is 12.8. The van der Waals surface area contributed by atoms with Crippen molar-refractivity contribution in [3.05, 3.63) is 34.6 Å². The van der Waals surface area contributed by atoms with Gasteiger partial charge in [0.1, 0.15) is 5.82 Å². The number of hydrogen-bond acceptors (Lipinski definition) is 1. The van der Waals surface area contributed by atoms with Crippen LogP contribution >= 0.6 is 11.6 Å². The van der Waals surface area contributed by atoms with Gasteiger partial charge in [-0.3, -0.25) is 4.79 Å². The van der Waals surface area contributed by atoms with Crippen molar-refractivity contribution in [2.24, 2.45) is 5.92 Å². The fraction of sp³-hybridized carbons (Fsp3) is 0.364. The van der Waals surface area contributed by atoms with Gasteiger partial charge in [0.15, 0.2) is 5.78 Å². The van der Waals surface area contributed by atoms with E-state index in [1.165, 1.54) is 18.2 Å². The van der Waals surface area contributed by atoms with Gasteiger partial charge in [0.2, 0.25) is 0 Å². The van der Waals surface area contributed by atoms with Gasteiger partial charge in [-0.05, 0) is 24.1 Å². The van der Waals surface area contributed by atoms with E-state index in [4.69, 9.17) is 11.6 Å². The van der Waals surface area contributed by atoms with E-state index in [2.05, 4.69) is 0 Å². The topological polar surface area (TPSA) is 17.1 Å². The summed E-state index contributed by atoms with van der Waals surface area (Å²) in [7, 11) is 0. The summed E-state index contributed by atoms with van der Waals surface area (Å²) in [5, 5.41) is 0.317. The third-order valence-electron chi connectivity index (χ3n) is 1.82. The minimum atomic E-state index is -0.429. The van der Waals surface area contributed by atoms with Crippen LogP contribution in [0.5, 0.6) is 0 Å². The van der Waals surface area contributed by atoms with Gasteiger partial charge in [-0.15, -0.1) is 0 Å². The molecule has 1 aromatic carbocycles. The van der Waals surface area contributed by atoms with E-state index in [1.807, 2.05) is 13.8 Å². The van der Waals surface area contributed by atoms with Gasteiger partial charge in [-0.25, -0.2) is 4.39 Å². The molecule has 1 aromatic rings. The van der Waals surface area contributed by atoms with Crippen molar-refractivity contribution in [1.29, 1.82) is 0 Å². The highest BCUT2D eigenvalue weighted by Gasteiger charge is 2.12. The minimum absolute atomic E-state index is 0.107. The van der Waals surface area contributed by atoms with E-state index < -0.39 is 5.82 Å². The summed E-state index contributed by atoms with van der Waals surface area (Å²) in [6.45, 7) is 3.87. The standard InChI is InChI=1S/C11H12ClFO/c1-7(2)5-11(14)9-6-8(13)3-4-10(9)12/h3-4,6-7H,5H2,1-2H3. The molecule has 0 unspecified atom stereocenters. The predicted molar refractivity (Wildman–Crippen MR) is 55.2 cm³/mol. The Labute approximate surface area is 87.9 Å². The molecule has 0 fully saturated rings. The van der Waals surface area contributed by atoms with Gasteiger partial charge in [-0.2, -0.15) is 0 Å². The number of hydrogen-bond donors (Lipinski definition) is 0. The van der Waals surface area contributed by atoms with Crippen LogP contribution in [0.2, 0.25) is 5.02 Å². The molecular weight excluding hydrogens is 203 g/mol. The molecule has 0 amide bonds. The maximum absolute atomic E-state index is 12.8. The molecular formula is C11H12ClFO. The smallest absolute Gasteiger partial charge is 0.164 e. The fourth-order valence-electron chi connectivity index (χ4n) is 1.19. The molecule has 0 N–H and O–H groups in total. The molecule has 0 aliphatic rings. The number of benzene rings is 1. The van der Waals surface area contributed by atoms with Crippen molar-refractivity contribution in [3.63, 3.8) is 0 Å². The van der Waals surface area contributed by atoms with Gasteiger partial charge in [-0.1, -0.05) is 25.4 Å². The van der Waals surface area contributed by atoms with Crippen LogP contribution in [0.15, 0.2) is 18.2 Å². The fourth-order valence-corrected chi connectivity index (χ4v) is 1.41. The van der Waals surface area contributed by atoms with Crippen molar-refractivity contribution in [2.75, 3.05) is 0 Å². The highest BCUT2D eigenvalue weighted by Crippen LogP contribution is 2.20. The predicted octanol–water partition coefficient (Wildman–Crippen LogP) is 3.71. The highest BCUT2D eigenvalue weighted by atomic mass is 35.5. The third-order valence-corrected chi connectivity index (χ3v) is 2.15. The van der Waals surface area contributed by atoms with E-state index in [0.717, 1.165) is 0 Å². The van der Waals surface area contributed by atoms with Gasteiger partial charge in [0.05, 0.1) is 5.02 Å². The Balaban J connectivity index is 2.94. The molecule has 14 heavy (non-hydrogen) atoms. The number of carbonyl (C=O) groups is 1. The van der Waals surface area contributed by atoms with Gasteiger partial charge in [0, 0.05) is 12.0 Å². The van der Waals surface area contributed by atoms with Crippen molar-refractivity contribution >= 4 is 17.4 Å². The first-order valence-corrected chi connectivity index (χ1v) is 4.86. The van der Waals surface area contributed by atoms with Crippen LogP contribution in [0.4, 0.5) is 4.39 Å². The lowest BCUT2D eigenvalue weighted by atomic mass is 10.0. The van der Waals surface area contributed by atoms with E-state index in [-0.39, 0.29) is 17.3 Å². The van der Waals surface area contributed by atoms with Gasteiger partial charge >= 0.3 is 0 Å². The van der Waals surface area contributed by atoms with Crippen LogP contribution in [-0.4, -0.2) is 5.78 Å². The monoisotopic (exact) mass is 214 g/mol. The second-order valence-electron chi connectivity index (χ2n) is 3.65. The second kappa shape index (κ2) is 4.56. The zero-order valence-electron chi connectivity index (χ0n) is 8.18. The summed E-state index contributed by atoms with van der Waals surface area (Å²) in [6, 6.07) is 3.84. The Morgan fingerprint density at radius 3 is 2.71 bits per heavy atom. The van der Waals surface area contributed by atoms with E-state index in [0.29, 0.717) is 11.4 Å².